The van der Waals surface area contributed by atoms with E-state index in [1.807, 2.05) is 41.8 Å². The monoisotopic (exact) mass is 282 g/mol. The molecule has 0 saturated heterocycles. The van der Waals surface area contributed by atoms with Crippen molar-refractivity contribution in [2.24, 2.45) is 0 Å². The zero-order valence-corrected chi connectivity index (χ0v) is 11.8. The van der Waals surface area contributed by atoms with Gasteiger partial charge in [-0.15, -0.1) is 0 Å². The number of hydrogen-bond acceptors (Lipinski definition) is 3. The Balaban J connectivity index is 2.79. The smallest absolute Gasteiger partial charge is 0.325 e. The Labute approximate surface area is 120 Å². The van der Waals surface area contributed by atoms with Crippen LogP contribution in [0.4, 0.5) is 0 Å². The fourth-order valence-corrected chi connectivity index (χ4v) is 2.81. The molecule has 0 unspecified atom stereocenters. The van der Waals surface area contributed by atoms with Gasteiger partial charge in [-0.2, -0.15) is 5.26 Å². The Hall–Kier alpha value is -2.81. The van der Waals surface area contributed by atoms with Crippen molar-refractivity contribution in [1.82, 2.24) is 13.5 Å². The van der Waals surface area contributed by atoms with Crippen molar-refractivity contribution < 1.29 is 0 Å². The lowest BCUT2D eigenvalue weighted by molar-refractivity contribution is 0.659. The van der Waals surface area contributed by atoms with E-state index in [1.54, 1.807) is 6.92 Å². The third-order valence-corrected chi connectivity index (χ3v) is 3.73. The fraction of sp³-hybridized carbons (Fsp3) is 0.267. The molecule has 0 fully saturated rings. The SMILES string of the molecule is CCn1c(=O)c(C#N)c2n(CC)c3ccccc3n2c1=O. The lowest BCUT2D eigenvalue weighted by atomic mass is 10.3. The average molecular weight is 282 g/mol. The number of benzene rings is 1. The van der Waals surface area contributed by atoms with Gasteiger partial charge in [0.1, 0.15) is 11.7 Å². The summed E-state index contributed by atoms with van der Waals surface area (Å²) in [6.07, 6.45) is 0. The minimum atomic E-state index is -0.525. The molecule has 0 saturated carbocycles. The molecule has 6 nitrogen and oxygen atoms in total. The van der Waals surface area contributed by atoms with Gasteiger partial charge in [-0.3, -0.25) is 9.36 Å². The van der Waals surface area contributed by atoms with Crippen LogP contribution in [0.25, 0.3) is 16.7 Å². The molecule has 0 radical (unpaired) electrons. The second-order valence-corrected chi connectivity index (χ2v) is 4.71. The highest BCUT2D eigenvalue weighted by Crippen LogP contribution is 2.20. The second kappa shape index (κ2) is 4.63. The van der Waals surface area contributed by atoms with E-state index in [2.05, 4.69) is 0 Å². The Kier molecular flexibility index (Phi) is 2.91. The van der Waals surface area contributed by atoms with Crippen LogP contribution < -0.4 is 11.2 Å². The van der Waals surface area contributed by atoms with Crippen LogP contribution in [-0.2, 0) is 13.1 Å². The van der Waals surface area contributed by atoms with Crippen LogP contribution in [0.2, 0.25) is 0 Å². The first-order valence-electron chi connectivity index (χ1n) is 6.82. The predicted octanol–water partition coefficient (Wildman–Crippen LogP) is 1.33. The van der Waals surface area contributed by atoms with E-state index in [0.29, 0.717) is 17.7 Å². The molecular formula is C15H14N4O2. The fourth-order valence-electron chi connectivity index (χ4n) is 2.81. The van der Waals surface area contributed by atoms with Crippen LogP contribution in [0.1, 0.15) is 19.4 Å². The molecule has 106 valence electrons. The zero-order chi connectivity index (χ0) is 15.1. The summed E-state index contributed by atoms with van der Waals surface area (Å²) in [5, 5.41) is 9.38. The van der Waals surface area contributed by atoms with Crippen LogP contribution in [0.15, 0.2) is 33.9 Å². The summed E-state index contributed by atoms with van der Waals surface area (Å²) in [6.45, 7) is 4.44. The molecule has 2 heterocycles. The van der Waals surface area contributed by atoms with Crippen molar-refractivity contribution in [1.29, 1.82) is 5.26 Å². The van der Waals surface area contributed by atoms with Gasteiger partial charge in [0.05, 0.1) is 11.0 Å². The first kappa shape index (κ1) is 13.2. The first-order valence-corrected chi connectivity index (χ1v) is 6.82. The summed E-state index contributed by atoms with van der Waals surface area (Å²) in [4.78, 5) is 24.9. The third-order valence-electron chi connectivity index (χ3n) is 3.73. The molecule has 0 aliphatic rings. The molecule has 0 bridgehead atoms. The third kappa shape index (κ3) is 1.57. The number of aryl methyl sites for hydroxylation is 1. The van der Waals surface area contributed by atoms with Crippen molar-refractivity contribution in [3.63, 3.8) is 0 Å². The van der Waals surface area contributed by atoms with Crippen molar-refractivity contribution in [3.05, 3.63) is 50.7 Å². The number of rotatable bonds is 2. The maximum Gasteiger partial charge on any atom is 0.337 e. The van der Waals surface area contributed by atoms with Gasteiger partial charge in [0.25, 0.3) is 5.56 Å². The van der Waals surface area contributed by atoms with Gasteiger partial charge >= 0.3 is 5.69 Å². The van der Waals surface area contributed by atoms with Crippen LogP contribution in [0, 0.1) is 11.3 Å². The summed E-state index contributed by atoms with van der Waals surface area (Å²) < 4.78 is 4.39. The molecule has 0 amide bonds. The number of imidazole rings is 1. The Morgan fingerprint density at radius 2 is 1.67 bits per heavy atom. The molecular weight excluding hydrogens is 268 g/mol. The molecule has 0 atom stereocenters. The summed E-state index contributed by atoms with van der Waals surface area (Å²) in [7, 11) is 0. The summed E-state index contributed by atoms with van der Waals surface area (Å²) in [5.74, 6) is 0. The number of fused-ring (bicyclic) bond motifs is 3. The van der Waals surface area contributed by atoms with Crippen molar-refractivity contribution in [2.45, 2.75) is 26.9 Å². The van der Waals surface area contributed by atoms with Crippen molar-refractivity contribution >= 4 is 16.7 Å². The van der Waals surface area contributed by atoms with Crippen LogP contribution in [-0.4, -0.2) is 13.5 Å². The van der Waals surface area contributed by atoms with Crippen molar-refractivity contribution in [3.8, 4) is 6.07 Å². The topological polar surface area (TPSA) is 72.2 Å². The first-order chi connectivity index (χ1) is 10.2. The molecule has 1 aromatic carbocycles. The molecule has 0 spiro atoms. The highest BCUT2D eigenvalue weighted by Gasteiger charge is 2.20. The summed E-state index contributed by atoms with van der Waals surface area (Å²) >= 11 is 0. The van der Waals surface area contributed by atoms with Gasteiger partial charge in [-0.25, -0.2) is 9.20 Å². The Morgan fingerprint density at radius 3 is 2.24 bits per heavy atom. The molecule has 0 aliphatic carbocycles. The van der Waals surface area contributed by atoms with Crippen LogP contribution in [0.5, 0.6) is 0 Å². The van der Waals surface area contributed by atoms with Gasteiger partial charge < -0.3 is 4.57 Å². The minimum absolute atomic E-state index is 0.00880. The summed E-state index contributed by atoms with van der Waals surface area (Å²) in [5.41, 5.74) is 0.998. The number of nitriles is 1. The van der Waals surface area contributed by atoms with E-state index in [0.717, 1.165) is 10.1 Å². The molecule has 21 heavy (non-hydrogen) atoms. The molecule has 6 heteroatoms. The van der Waals surface area contributed by atoms with E-state index in [4.69, 9.17) is 0 Å². The van der Waals surface area contributed by atoms with E-state index in [1.165, 1.54) is 4.40 Å². The van der Waals surface area contributed by atoms with Gasteiger partial charge in [-0.05, 0) is 26.0 Å². The molecule has 0 N–H and O–H groups in total. The number of nitrogens with zero attached hydrogens (tertiary/aromatic N) is 4. The Morgan fingerprint density at radius 1 is 1.05 bits per heavy atom. The minimum Gasteiger partial charge on any atom is -0.325 e. The number of para-hydroxylation sites is 2. The van der Waals surface area contributed by atoms with E-state index >= 15 is 0 Å². The van der Waals surface area contributed by atoms with E-state index < -0.39 is 11.2 Å². The van der Waals surface area contributed by atoms with Crippen LogP contribution in [0.3, 0.4) is 0 Å². The Bertz CT molecular complexity index is 1010. The molecule has 3 aromatic rings. The van der Waals surface area contributed by atoms with Crippen LogP contribution >= 0.6 is 0 Å². The lowest BCUT2D eigenvalue weighted by Crippen LogP contribution is -2.38. The lowest BCUT2D eigenvalue weighted by Gasteiger charge is -2.06. The number of aromatic nitrogens is 3. The maximum atomic E-state index is 12.6. The standard InChI is InChI=1S/C15H14N4O2/c1-3-17-11-7-5-6-8-12(11)19-13(17)10(9-16)14(20)18(4-2)15(19)21/h5-8H,3-4H2,1-2H3. The second-order valence-electron chi connectivity index (χ2n) is 4.71. The highest BCUT2D eigenvalue weighted by atomic mass is 16.2. The van der Waals surface area contributed by atoms with E-state index in [-0.39, 0.29) is 12.1 Å². The van der Waals surface area contributed by atoms with Gasteiger partial charge in [-0.1, -0.05) is 12.1 Å². The van der Waals surface area contributed by atoms with Gasteiger partial charge in [0, 0.05) is 13.1 Å². The molecule has 0 aliphatic heterocycles. The highest BCUT2D eigenvalue weighted by molar-refractivity contribution is 5.83. The average Bonchev–Trinajstić information content (AvgIpc) is 2.82. The molecule has 2 aromatic heterocycles. The zero-order valence-electron chi connectivity index (χ0n) is 11.8. The van der Waals surface area contributed by atoms with E-state index in [9.17, 15) is 14.9 Å². The maximum absolute atomic E-state index is 12.6. The molecule has 3 rings (SSSR count). The quantitative estimate of drug-likeness (QED) is 0.711. The largest absolute Gasteiger partial charge is 0.337 e. The predicted molar refractivity (Wildman–Crippen MR) is 79.5 cm³/mol. The summed E-state index contributed by atoms with van der Waals surface area (Å²) in [6, 6.07) is 9.37. The van der Waals surface area contributed by atoms with Gasteiger partial charge in [0.2, 0.25) is 0 Å². The normalized spacial score (nSPS) is 11.1. The van der Waals surface area contributed by atoms with Gasteiger partial charge in [0.15, 0.2) is 5.56 Å². The van der Waals surface area contributed by atoms with Crippen molar-refractivity contribution in [2.75, 3.05) is 0 Å². The number of hydrogen-bond donors (Lipinski definition) is 0.